The van der Waals surface area contributed by atoms with E-state index in [0.717, 1.165) is 42.4 Å². The Morgan fingerprint density at radius 1 is 1.65 bits per heavy atom. The number of hydrogen-bond acceptors (Lipinski definition) is 2. The number of carbonyl (C=O) groups is 1. The molecule has 0 spiro atoms. The van der Waals surface area contributed by atoms with Gasteiger partial charge < -0.3 is 4.90 Å². The van der Waals surface area contributed by atoms with Gasteiger partial charge in [0.05, 0.1) is 11.3 Å². The van der Waals surface area contributed by atoms with E-state index in [9.17, 15) is 4.79 Å². The van der Waals surface area contributed by atoms with Crippen LogP contribution in [0.2, 0.25) is 0 Å². The van der Waals surface area contributed by atoms with Crippen LogP contribution in [0.5, 0.6) is 0 Å². The van der Waals surface area contributed by atoms with Crippen molar-refractivity contribution in [2.45, 2.75) is 32.2 Å². The van der Waals surface area contributed by atoms with E-state index in [1.807, 2.05) is 25.1 Å². The SMILES string of the molecule is CCc1nn(C)cc1C(=O)N1CCCC1CBr. The van der Waals surface area contributed by atoms with Crippen LogP contribution < -0.4 is 0 Å². The first-order chi connectivity index (χ1) is 8.17. The summed E-state index contributed by atoms with van der Waals surface area (Å²) >= 11 is 3.48. The average molecular weight is 300 g/mol. The maximum absolute atomic E-state index is 12.5. The third-order valence-electron chi connectivity index (χ3n) is 3.29. The number of rotatable bonds is 3. The van der Waals surface area contributed by atoms with Crippen molar-refractivity contribution in [2.75, 3.05) is 11.9 Å². The third kappa shape index (κ3) is 2.39. The fourth-order valence-electron chi connectivity index (χ4n) is 2.39. The van der Waals surface area contributed by atoms with Gasteiger partial charge in [-0.15, -0.1) is 0 Å². The number of aromatic nitrogens is 2. The fraction of sp³-hybridized carbons (Fsp3) is 0.667. The number of carbonyl (C=O) groups excluding carboxylic acids is 1. The van der Waals surface area contributed by atoms with Gasteiger partial charge >= 0.3 is 0 Å². The summed E-state index contributed by atoms with van der Waals surface area (Å²) in [6, 6.07) is 0.340. The number of halogens is 1. The highest BCUT2D eigenvalue weighted by atomic mass is 79.9. The predicted molar refractivity (Wildman–Crippen MR) is 70.4 cm³/mol. The second-order valence-corrected chi connectivity index (χ2v) is 5.11. The lowest BCUT2D eigenvalue weighted by Gasteiger charge is -2.22. The molecule has 1 aliphatic rings. The molecule has 1 saturated heterocycles. The molecule has 0 radical (unpaired) electrons. The zero-order valence-corrected chi connectivity index (χ0v) is 11.9. The van der Waals surface area contributed by atoms with Crippen LogP contribution in [0, 0.1) is 0 Å². The van der Waals surface area contributed by atoms with Gasteiger partial charge in [-0.25, -0.2) is 0 Å². The second kappa shape index (κ2) is 5.21. The Morgan fingerprint density at radius 2 is 2.41 bits per heavy atom. The minimum Gasteiger partial charge on any atom is -0.335 e. The number of likely N-dealkylation sites (tertiary alicyclic amines) is 1. The highest BCUT2D eigenvalue weighted by molar-refractivity contribution is 9.09. The molecule has 1 aromatic rings. The van der Waals surface area contributed by atoms with Crippen molar-refractivity contribution in [3.8, 4) is 0 Å². The second-order valence-electron chi connectivity index (χ2n) is 4.47. The van der Waals surface area contributed by atoms with Gasteiger partial charge in [0, 0.05) is 31.2 Å². The molecule has 0 aliphatic carbocycles. The summed E-state index contributed by atoms with van der Waals surface area (Å²) in [4.78, 5) is 14.4. The van der Waals surface area contributed by atoms with Crippen molar-refractivity contribution in [1.29, 1.82) is 0 Å². The first-order valence-corrected chi connectivity index (χ1v) is 7.19. The number of hydrogen-bond donors (Lipinski definition) is 0. The molecule has 17 heavy (non-hydrogen) atoms. The molecule has 1 aliphatic heterocycles. The van der Waals surface area contributed by atoms with E-state index >= 15 is 0 Å². The molecule has 5 heteroatoms. The first kappa shape index (κ1) is 12.6. The molecule has 1 unspecified atom stereocenters. The molecular weight excluding hydrogens is 282 g/mol. The van der Waals surface area contributed by atoms with E-state index < -0.39 is 0 Å². The summed E-state index contributed by atoms with van der Waals surface area (Å²) in [5.41, 5.74) is 1.67. The normalized spacial score (nSPS) is 19.9. The number of aryl methyl sites for hydroxylation is 2. The lowest BCUT2D eigenvalue weighted by molar-refractivity contribution is 0.0749. The van der Waals surface area contributed by atoms with Gasteiger partial charge in [-0.05, 0) is 19.3 Å². The van der Waals surface area contributed by atoms with Crippen LogP contribution in [0.25, 0.3) is 0 Å². The van der Waals surface area contributed by atoms with E-state index in [2.05, 4.69) is 21.0 Å². The van der Waals surface area contributed by atoms with Gasteiger partial charge in [0.1, 0.15) is 0 Å². The molecule has 1 aromatic heterocycles. The number of nitrogens with zero attached hydrogens (tertiary/aromatic N) is 3. The Labute approximate surface area is 110 Å². The van der Waals surface area contributed by atoms with E-state index in [1.54, 1.807) is 4.68 Å². The monoisotopic (exact) mass is 299 g/mol. The first-order valence-electron chi connectivity index (χ1n) is 6.06. The minimum absolute atomic E-state index is 0.136. The van der Waals surface area contributed by atoms with Crippen molar-refractivity contribution in [1.82, 2.24) is 14.7 Å². The van der Waals surface area contributed by atoms with Crippen LogP contribution in [0.15, 0.2) is 6.20 Å². The van der Waals surface area contributed by atoms with E-state index in [-0.39, 0.29) is 5.91 Å². The maximum Gasteiger partial charge on any atom is 0.257 e. The highest BCUT2D eigenvalue weighted by Gasteiger charge is 2.30. The van der Waals surface area contributed by atoms with Crippen LogP contribution in [0.3, 0.4) is 0 Å². The van der Waals surface area contributed by atoms with Gasteiger partial charge in [-0.2, -0.15) is 5.10 Å². The van der Waals surface area contributed by atoms with Gasteiger partial charge in [-0.1, -0.05) is 22.9 Å². The Hall–Kier alpha value is -0.840. The summed E-state index contributed by atoms with van der Waals surface area (Å²) in [6.07, 6.45) is 4.84. The Balaban J connectivity index is 2.24. The molecule has 1 atom stereocenters. The molecular formula is C12H18BrN3O. The zero-order chi connectivity index (χ0) is 12.4. The van der Waals surface area contributed by atoms with Crippen LogP contribution in [0.4, 0.5) is 0 Å². The lowest BCUT2D eigenvalue weighted by atomic mass is 10.1. The topological polar surface area (TPSA) is 38.1 Å². The summed E-state index contributed by atoms with van der Waals surface area (Å²) < 4.78 is 1.73. The standard InChI is InChI=1S/C12H18BrN3O/c1-3-11-10(8-15(2)14-11)12(17)16-6-4-5-9(16)7-13/h8-9H,3-7H2,1-2H3. The van der Waals surface area contributed by atoms with Crippen molar-refractivity contribution in [3.05, 3.63) is 17.5 Å². The largest absolute Gasteiger partial charge is 0.335 e. The zero-order valence-electron chi connectivity index (χ0n) is 10.3. The Morgan fingerprint density at radius 3 is 3.06 bits per heavy atom. The smallest absolute Gasteiger partial charge is 0.257 e. The van der Waals surface area contributed by atoms with Crippen molar-refractivity contribution in [3.63, 3.8) is 0 Å². The van der Waals surface area contributed by atoms with E-state index in [1.165, 1.54) is 0 Å². The van der Waals surface area contributed by atoms with Gasteiger partial charge in [0.25, 0.3) is 5.91 Å². The van der Waals surface area contributed by atoms with Crippen LogP contribution in [-0.2, 0) is 13.5 Å². The van der Waals surface area contributed by atoms with E-state index in [4.69, 9.17) is 0 Å². The molecule has 0 aromatic carbocycles. The molecule has 0 saturated carbocycles. The van der Waals surface area contributed by atoms with Crippen molar-refractivity contribution in [2.24, 2.45) is 7.05 Å². The summed E-state index contributed by atoms with van der Waals surface area (Å²) in [5.74, 6) is 0.136. The number of alkyl halides is 1. The molecule has 1 fully saturated rings. The van der Waals surface area contributed by atoms with Gasteiger partial charge in [-0.3, -0.25) is 9.48 Å². The van der Waals surface area contributed by atoms with Crippen LogP contribution >= 0.6 is 15.9 Å². The summed E-state index contributed by atoms with van der Waals surface area (Å²) in [6.45, 7) is 2.90. The lowest BCUT2D eigenvalue weighted by Crippen LogP contribution is -2.36. The molecule has 2 rings (SSSR count). The summed E-state index contributed by atoms with van der Waals surface area (Å²) in [5, 5.41) is 5.19. The molecule has 2 heterocycles. The van der Waals surface area contributed by atoms with E-state index in [0.29, 0.717) is 6.04 Å². The third-order valence-corrected chi connectivity index (χ3v) is 4.03. The molecule has 94 valence electrons. The Kier molecular flexibility index (Phi) is 3.86. The van der Waals surface area contributed by atoms with Gasteiger partial charge in [0.2, 0.25) is 0 Å². The quantitative estimate of drug-likeness (QED) is 0.801. The highest BCUT2D eigenvalue weighted by Crippen LogP contribution is 2.22. The summed E-state index contributed by atoms with van der Waals surface area (Å²) in [7, 11) is 1.86. The number of amides is 1. The minimum atomic E-state index is 0.136. The Bertz CT molecular complexity index is 416. The molecule has 0 bridgehead atoms. The van der Waals surface area contributed by atoms with Crippen molar-refractivity contribution >= 4 is 21.8 Å². The van der Waals surface area contributed by atoms with Crippen LogP contribution in [0.1, 0.15) is 35.8 Å². The van der Waals surface area contributed by atoms with Gasteiger partial charge in [0.15, 0.2) is 0 Å². The molecule has 1 amide bonds. The average Bonchev–Trinajstić information content (AvgIpc) is 2.93. The predicted octanol–water partition coefficient (Wildman–Crippen LogP) is 1.98. The fourth-order valence-corrected chi connectivity index (χ4v) is 3.07. The van der Waals surface area contributed by atoms with Crippen molar-refractivity contribution < 1.29 is 4.79 Å². The molecule has 4 nitrogen and oxygen atoms in total. The van der Waals surface area contributed by atoms with Crippen LogP contribution in [-0.4, -0.2) is 38.5 Å². The molecule has 0 N–H and O–H groups in total. The maximum atomic E-state index is 12.5.